The second kappa shape index (κ2) is 7.89. The zero-order valence-electron chi connectivity index (χ0n) is 15.1. The van der Waals surface area contributed by atoms with E-state index in [-0.39, 0.29) is 0 Å². The lowest BCUT2D eigenvalue weighted by Crippen LogP contribution is -2.23. The van der Waals surface area contributed by atoms with Gasteiger partial charge in [0.25, 0.3) is 0 Å². The first-order chi connectivity index (χ1) is 12.9. The second-order valence-electron chi connectivity index (χ2n) is 6.35. The van der Waals surface area contributed by atoms with E-state index < -0.39 is 11.9 Å². The Morgan fingerprint density at radius 3 is 2.37 bits per heavy atom. The van der Waals surface area contributed by atoms with E-state index >= 15 is 0 Å². The number of hydrogen-bond acceptors (Lipinski definition) is 6. The monoisotopic (exact) mass is 382 g/mol. The number of rotatable bonds is 6. The van der Waals surface area contributed by atoms with Crippen LogP contribution >= 0.6 is 0 Å². The lowest BCUT2D eigenvalue weighted by Gasteiger charge is -2.20. The summed E-state index contributed by atoms with van der Waals surface area (Å²) >= 11 is 0. The van der Waals surface area contributed by atoms with Crippen molar-refractivity contribution < 1.29 is 22.6 Å². The average Bonchev–Trinajstić information content (AvgIpc) is 3.14. The molecule has 0 amide bonds. The van der Waals surface area contributed by atoms with E-state index in [0.717, 1.165) is 42.8 Å². The minimum absolute atomic E-state index is 0.337. The van der Waals surface area contributed by atoms with Gasteiger partial charge in [0.2, 0.25) is 0 Å². The highest BCUT2D eigenvalue weighted by atomic mass is 19.4. The third-order valence-corrected chi connectivity index (χ3v) is 4.51. The van der Waals surface area contributed by atoms with Gasteiger partial charge in [-0.1, -0.05) is 0 Å². The van der Waals surface area contributed by atoms with Crippen molar-refractivity contribution >= 4 is 11.5 Å². The number of anilines is 2. The van der Waals surface area contributed by atoms with Crippen LogP contribution in [0.1, 0.15) is 12.1 Å². The lowest BCUT2D eigenvalue weighted by molar-refractivity contribution is -0.141. The second-order valence-corrected chi connectivity index (χ2v) is 6.35. The van der Waals surface area contributed by atoms with Gasteiger partial charge in [0, 0.05) is 43.5 Å². The Labute approximate surface area is 155 Å². The zero-order valence-corrected chi connectivity index (χ0v) is 15.1. The molecule has 0 bridgehead atoms. The highest BCUT2D eigenvalue weighted by Gasteiger charge is 2.33. The molecule has 2 heterocycles. The van der Waals surface area contributed by atoms with Crippen LogP contribution in [0.15, 0.2) is 30.3 Å². The number of aromatic nitrogens is 2. The van der Waals surface area contributed by atoms with Crippen molar-refractivity contribution in [3.63, 3.8) is 0 Å². The maximum absolute atomic E-state index is 12.5. The van der Waals surface area contributed by atoms with Crippen LogP contribution in [0.2, 0.25) is 0 Å². The average molecular weight is 382 g/mol. The number of nitrogens with zero attached hydrogens (tertiary/aromatic N) is 3. The third-order valence-electron chi connectivity index (χ3n) is 4.51. The molecule has 0 saturated carbocycles. The largest absolute Gasteiger partial charge is 0.497 e. The highest BCUT2D eigenvalue weighted by Crippen LogP contribution is 2.32. The molecule has 1 N–H and O–H groups in total. The van der Waals surface area contributed by atoms with Crippen molar-refractivity contribution in [3.05, 3.63) is 36.0 Å². The molecule has 1 unspecified atom stereocenters. The van der Waals surface area contributed by atoms with Crippen molar-refractivity contribution in [1.82, 2.24) is 10.2 Å². The molecular weight excluding hydrogens is 361 g/mol. The summed E-state index contributed by atoms with van der Waals surface area (Å²) in [4.78, 5) is 2.23. The van der Waals surface area contributed by atoms with Crippen LogP contribution in [0.5, 0.6) is 11.5 Å². The number of alkyl halides is 3. The van der Waals surface area contributed by atoms with E-state index in [0.29, 0.717) is 18.3 Å². The third kappa shape index (κ3) is 4.72. The van der Waals surface area contributed by atoms with Gasteiger partial charge >= 0.3 is 6.18 Å². The zero-order chi connectivity index (χ0) is 19.4. The summed E-state index contributed by atoms with van der Waals surface area (Å²) in [6.07, 6.45) is -3.52. The van der Waals surface area contributed by atoms with E-state index in [1.165, 1.54) is 6.07 Å². The van der Waals surface area contributed by atoms with Crippen molar-refractivity contribution in [2.24, 2.45) is 5.92 Å². The normalized spacial score (nSPS) is 17.1. The van der Waals surface area contributed by atoms with E-state index in [1.807, 2.05) is 18.2 Å². The molecule has 1 aliphatic rings. The van der Waals surface area contributed by atoms with Gasteiger partial charge < -0.3 is 19.7 Å². The molecule has 6 nitrogen and oxygen atoms in total. The summed E-state index contributed by atoms with van der Waals surface area (Å²) in [7, 11) is 3.22. The van der Waals surface area contributed by atoms with E-state index in [2.05, 4.69) is 20.4 Å². The number of halogens is 3. The minimum Gasteiger partial charge on any atom is -0.497 e. The quantitative estimate of drug-likeness (QED) is 0.826. The van der Waals surface area contributed by atoms with Gasteiger partial charge in [-0.15, -0.1) is 10.2 Å². The Kier molecular flexibility index (Phi) is 5.57. The van der Waals surface area contributed by atoms with Gasteiger partial charge in [0.05, 0.1) is 14.2 Å². The van der Waals surface area contributed by atoms with Crippen molar-refractivity contribution in [3.8, 4) is 11.5 Å². The Bertz CT molecular complexity index is 746. The van der Waals surface area contributed by atoms with Crippen LogP contribution in [-0.4, -0.2) is 44.1 Å². The van der Waals surface area contributed by atoms with Crippen LogP contribution in [0, 0.1) is 5.92 Å². The molecule has 1 aromatic heterocycles. The fourth-order valence-corrected chi connectivity index (χ4v) is 3.04. The van der Waals surface area contributed by atoms with Crippen LogP contribution in [-0.2, 0) is 6.18 Å². The summed E-state index contributed by atoms with van der Waals surface area (Å²) < 4.78 is 48.2. The molecule has 0 radical (unpaired) electrons. The number of ether oxygens (including phenoxy) is 2. The number of nitrogens with one attached hydrogen (secondary N) is 1. The van der Waals surface area contributed by atoms with Crippen molar-refractivity contribution in [2.75, 3.05) is 44.1 Å². The first-order valence-corrected chi connectivity index (χ1v) is 8.52. The highest BCUT2D eigenvalue weighted by molar-refractivity contribution is 5.56. The standard InChI is InChI=1S/C18H21F3N4O2/c1-26-14-7-13(8-15(9-14)27-2)25-6-5-12(11-25)10-22-17-4-3-16(23-24-17)18(19,20)21/h3-4,7-9,12H,5-6,10-11H2,1-2H3,(H,22,24). The molecule has 1 saturated heterocycles. The Morgan fingerprint density at radius 1 is 1.11 bits per heavy atom. The fraction of sp³-hybridized carbons (Fsp3) is 0.444. The molecule has 0 aliphatic carbocycles. The number of methoxy groups -OCH3 is 2. The van der Waals surface area contributed by atoms with Gasteiger partial charge in [-0.05, 0) is 24.5 Å². The maximum atomic E-state index is 12.5. The predicted molar refractivity (Wildman–Crippen MR) is 95.4 cm³/mol. The molecule has 2 aromatic rings. The number of hydrogen-bond donors (Lipinski definition) is 1. The summed E-state index contributed by atoms with van der Waals surface area (Å²) in [6, 6.07) is 7.97. The van der Waals surface area contributed by atoms with Crippen LogP contribution in [0.25, 0.3) is 0 Å². The molecule has 1 aliphatic heterocycles. The predicted octanol–water partition coefficient (Wildman–Crippen LogP) is 3.45. The Morgan fingerprint density at radius 2 is 1.81 bits per heavy atom. The van der Waals surface area contributed by atoms with E-state index in [1.54, 1.807) is 14.2 Å². The SMILES string of the molecule is COc1cc(OC)cc(N2CCC(CNc3ccc(C(F)(F)F)nn3)C2)c1. The Balaban J connectivity index is 1.57. The van der Waals surface area contributed by atoms with Crippen molar-refractivity contribution in [1.29, 1.82) is 0 Å². The number of benzene rings is 1. The van der Waals surface area contributed by atoms with Crippen molar-refractivity contribution in [2.45, 2.75) is 12.6 Å². The molecule has 9 heteroatoms. The summed E-state index contributed by atoms with van der Waals surface area (Å²) in [5.41, 5.74) is 0.0232. The molecular formula is C18H21F3N4O2. The first kappa shape index (κ1) is 19.1. The molecule has 1 atom stereocenters. The first-order valence-electron chi connectivity index (χ1n) is 8.52. The van der Waals surface area contributed by atoms with Crippen LogP contribution < -0.4 is 19.7 Å². The Hall–Kier alpha value is -2.71. The molecule has 1 aromatic carbocycles. The van der Waals surface area contributed by atoms with Gasteiger partial charge in [-0.3, -0.25) is 0 Å². The van der Waals surface area contributed by atoms with Crippen LogP contribution in [0.3, 0.4) is 0 Å². The van der Waals surface area contributed by atoms with Crippen LogP contribution in [0.4, 0.5) is 24.7 Å². The molecule has 27 heavy (non-hydrogen) atoms. The van der Waals surface area contributed by atoms with Gasteiger partial charge in [0.1, 0.15) is 17.3 Å². The lowest BCUT2D eigenvalue weighted by atomic mass is 10.1. The van der Waals surface area contributed by atoms with Gasteiger partial charge in [0.15, 0.2) is 5.69 Å². The topological polar surface area (TPSA) is 59.5 Å². The smallest absolute Gasteiger partial charge is 0.435 e. The minimum atomic E-state index is -4.48. The summed E-state index contributed by atoms with van der Waals surface area (Å²) in [5, 5.41) is 9.89. The molecule has 146 valence electrons. The summed E-state index contributed by atoms with van der Waals surface area (Å²) in [6.45, 7) is 2.30. The molecule has 1 fully saturated rings. The molecule has 3 rings (SSSR count). The maximum Gasteiger partial charge on any atom is 0.435 e. The summed E-state index contributed by atoms with van der Waals surface area (Å²) in [5.74, 6) is 2.13. The van der Waals surface area contributed by atoms with Gasteiger partial charge in [-0.25, -0.2) is 0 Å². The molecule has 0 spiro atoms. The fourth-order valence-electron chi connectivity index (χ4n) is 3.04. The van der Waals surface area contributed by atoms with Gasteiger partial charge in [-0.2, -0.15) is 13.2 Å². The van der Waals surface area contributed by atoms with E-state index in [4.69, 9.17) is 9.47 Å². The van der Waals surface area contributed by atoms with E-state index in [9.17, 15) is 13.2 Å².